The fourth-order valence-corrected chi connectivity index (χ4v) is 0.593. The quantitative estimate of drug-likeness (QED) is 0.271. The zero-order valence-corrected chi connectivity index (χ0v) is 5.39. The van der Waals surface area contributed by atoms with Crippen LogP contribution in [-0.2, 0) is 4.89 Å². The van der Waals surface area contributed by atoms with E-state index in [0.29, 0.717) is 6.61 Å². The lowest BCUT2D eigenvalue weighted by Gasteiger charge is -1.93. The van der Waals surface area contributed by atoms with E-state index < -0.39 is 0 Å². The Balaban J connectivity index is 0. The maximum atomic E-state index is 7.87. The molecular formula is C6H17AlO2. The van der Waals surface area contributed by atoms with Crippen LogP contribution < -0.4 is 0 Å². The van der Waals surface area contributed by atoms with Gasteiger partial charge in [0, 0.05) is 0 Å². The maximum absolute atomic E-state index is 7.87. The van der Waals surface area contributed by atoms with Crippen LogP contribution in [0.25, 0.3) is 0 Å². The number of hydrogen-bond donors (Lipinski definition) is 1. The third-order valence-electron chi connectivity index (χ3n) is 1.09. The van der Waals surface area contributed by atoms with Crippen molar-refractivity contribution in [1.82, 2.24) is 0 Å². The Morgan fingerprint density at radius 2 is 1.89 bits per heavy atom. The van der Waals surface area contributed by atoms with Crippen LogP contribution in [0.4, 0.5) is 0 Å². The highest BCUT2D eigenvalue weighted by Gasteiger charge is 1.84. The van der Waals surface area contributed by atoms with Crippen LogP contribution in [0.15, 0.2) is 0 Å². The number of unbranched alkanes of at least 4 members (excludes halogenated alkanes) is 3. The average Bonchev–Trinajstić information content (AvgIpc) is 1.81. The van der Waals surface area contributed by atoms with Crippen LogP contribution in [0.3, 0.4) is 0 Å². The van der Waals surface area contributed by atoms with Crippen molar-refractivity contribution in [2.45, 2.75) is 32.6 Å². The molecule has 1 N–H and O–H groups in total. The Morgan fingerprint density at radius 3 is 2.33 bits per heavy atom. The predicted molar refractivity (Wildman–Crippen MR) is 42.7 cm³/mol. The van der Waals surface area contributed by atoms with Gasteiger partial charge in [0.05, 0.1) is 6.61 Å². The van der Waals surface area contributed by atoms with Gasteiger partial charge >= 0.3 is 0 Å². The minimum absolute atomic E-state index is 0. The van der Waals surface area contributed by atoms with Crippen LogP contribution in [0.1, 0.15) is 32.6 Å². The third kappa shape index (κ3) is 11.8. The van der Waals surface area contributed by atoms with E-state index in [0.717, 1.165) is 12.8 Å². The van der Waals surface area contributed by atoms with Crippen LogP contribution in [0, 0.1) is 0 Å². The first-order valence-corrected chi connectivity index (χ1v) is 3.18. The van der Waals surface area contributed by atoms with Crippen molar-refractivity contribution in [2.24, 2.45) is 0 Å². The lowest BCUT2D eigenvalue weighted by Crippen LogP contribution is -1.87. The van der Waals surface area contributed by atoms with Gasteiger partial charge in [-0.15, -0.1) is 0 Å². The molecule has 0 fully saturated rings. The van der Waals surface area contributed by atoms with E-state index in [9.17, 15) is 0 Å². The lowest BCUT2D eigenvalue weighted by atomic mass is 10.2. The van der Waals surface area contributed by atoms with Crippen molar-refractivity contribution in [3.8, 4) is 0 Å². The van der Waals surface area contributed by atoms with Crippen molar-refractivity contribution in [3.63, 3.8) is 0 Å². The first-order chi connectivity index (χ1) is 3.91. The fraction of sp³-hybridized carbons (Fsp3) is 1.00. The molecule has 0 aliphatic rings. The molecule has 3 heteroatoms. The van der Waals surface area contributed by atoms with Crippen molar-refractivity contribution in [1.29, 1.82) is 0 Å². The van der Waals surface area contributed by atoms with Gasteiger partial charge in [0.1, 0.15) is 0 Å². The molecule has 0 aromatic heterocycles. The minimum atomic E-state index is 0. The molecule has 0 bridgehead atoms. The molecule has 0 amide bonds. The van der Waals surface area contributed by atoms with Crippen molar-refractivity contribution in [2.75, 3.05) is 6.61 Å². The fourth-order valence-electron chi connectivity index (χ4n) is 0.593. The molecule has 0 unspecified atom stereocenters. The molecule has 0 radical (unpaired) electrons. The second-order valence-electron chi connectivity index (χ2n) is 1.89. The summed E-state index contributed by atoms with van der Waals surface area (Å²) in [6, 6.07) is 0. The van der Waals surface area contributed by atoms with Crippen LogP contribution in [0.5, 0.6) is 0 Å². The second-order valence-corrected chi connectivity index (χ2v) is 1.89. The first-order valence-electron chi connectivity index (χ1n) is 3.18. The van der Waals surface area contributed by atoms with E-state index >= 15 is 0 Å². The summed E-state index contributed by atoms with van der Waals surface area (Å²) in [5, 5.41) is 7.87. The predicted octanol–water partition coefficient (Wildman–Crippen LogP) is 0.872. The monoisotopic (exact) mass is 148 g/mol. The zero-order valence-electron chi connectivity index (χ0n) is 5.39. The Morgan fingerprint density at radius 1 is 1.22 bits per heavy atom. The topological polar surface area (TPSA) is 29.5 Å². The summed E-state index contributed by atoms with van der Waals surface area (Å²) >= 11 is 0. The van der Waals surface area contributed by atoms with E-state index in [1.807, 2.05) is 0 Å². The van der Waals surface area contributed by atoms with E-state index in [2.05, 4.69) is 11.8 Å². The summed E-state index contributed by atoms with van der Waals surface area (Å²) in [5.41, 5.74) is 0. The molecular weight excluding hydrogens is 131 g/mol. The SMILES string of the molecule is CCCCCCOO.[AlH3]. The summed E-state index contributed by atoms with van der Waals surface area (Å²) < 4.78 is 0. The van der Waals surface area contributed by atoms with Crippen molar-refractivity contribution < 1.29 is 10.1 Å². The van der Waals surface area contributed by atoms with Gasteiger partial charge in [0.2, 0.25) is 0 Å². The molecule has 56 valence electrons. The van der Waals surface area contributed by atoms with Crippen molar-refractivity contribution >= 4 is 17.4 Å². The van der Waals surface area contributed by atoms with Crippen LogP contribution in [0.2, 0.25) is 0 Å². The van der Waals surface area contributed by atoms with Crippen LogP contribution in [-0.4, -0.2) is 29.2 Å². The molecule has 9 heavy (non-hydrogen) atoms. The van der Waals surface area contributed by atoms with Gasteiger partial charge in [-0.25, -0.2) is 4.89 Å². The molecule has 0 aromatic rings. The highest BCUT2D eigenvalue weighted by molar-refractivity contribution is 5.75. The van der Waals surface area contributed by atoms with E-state index in [1.165, 1.54) is 12.8 Å². The molecule has 0 aromatic carbocycles. The molecule has 0 aliphatic heterocycles. The van der Waals surface area contributed by atoms with Crippen molar-refractivity contribution in [3.05, 3.63) is 0 Å². The van der Waals surface area contributed by atoms with Gasteiger partial charge in [-0.3, -0.25) is 5.26 Å². The van der Waals surface area contributed by atoms with Gasteiger partial charge in [-0.2, -0.15) is 0 Å². The van der Waals surface area contributed by atoms with Gasteiger partial charge in [-0.1, -0.05) is 26.2 Å². The number of hydrogen-bond acceptors (Lipinski definition) is 2. The average molecular weight is 148 g/mol. The van der Waals surface area contributed by atoms with Gasteiger partial charge in [0.15, 0.2) is 17.4 Å². The Kier molecular flexibility index (Phi) is 15.2. The minimum Gasteiger partial charge on any atom is -0.252 e. The highest BCUT2D eigenvalue weighted by atomic mass is 27.0. The Bertz CT molecular complexity index is 36.0. The molecule has 0 saturated carbocycles. The van der Waals surface area contributed by atoms with E-state index in [1.54, 1.807) is 0 Å². The summed E-state index contributed by atoms with van der Waals surface area (Å²) in [6.45, 7) is 2.64. The molecule has 0 aliphatic carbocycles. The summed E-state index contributed by atoms with van der Waals surface area (Å²) in [6.07, 6.45) is 4.61. The molecule has 0 heterocycles. The third-order valence-corrected chi connectivity index (χ3v) is 1.09. The smallest absolute Gasteiger partial charge is 0.187 e. The molecule has 0 atom stereocenters. The lowest BCUT2D eigenvalue weighted by molar-refractivity contribution is -0.242. The standard InChI is InChI=1S/C6H14O2.Al.3H/c1-2-3-4-5-6-8-7;;;;/h7H,2-6H2,1H3;;;;. The second kappa shape index (κ2) is 11.3. The first kappa shape index (κ1) is 12.2. The van der Waals surface area contributed by atoms with Crippen LogP contribution >= 0.6 is 0 Å². The Labute approximate surface area is 67.3 Å². The maximum Gasteiger partial charge on any atom is 0.187 e. The zero-order chi connectivity index (χ0) is 6.24. The Hall–Kier alpha value is 0.452. The summed E-state index contributed by atoms with van der Waals surface area (Å²) in [5.74, 6) is 0. The molecule has 0 spiro atoms. The summed E-state index contributed by atoms with van der Waals surface area (Å²) in [4.78, 5) is 3.89. The van der Waals surface area contributed by atoms with Gasteiger partial charge in [0.25, 0.3) is 0 Å². The highest BCUT2D eigenvalue weighted by Crippen LogP contribution is 1.97. The van der Waals surface area contributed by atoms with E-state index in [-0.39, 0.29) is 17.4 Å². The molecule has 0 rings (SSSR count). The van der Waals surface area contributed by atoms with E-state index in [4.69, 9.17) is 5.26 Å². The largest absolute Gasteiger partial charge is 0.252 e. The number of rotatable bonds is 5. The van der Waals surface area contributed by atoms with Gasteiger partial charge in [-0.05, 0) is 6.42 Å². The molecule has 0 saturated heterocycles. The van der Waals surface area contributed by atoms with Gasteiger partial charge < -0.3 is 0 Å². The summed E-state index contributed by atoms with van der Waals surface area (Å²) in [7, 11) is 0. The molecule has 2 nitrogen and oxygen atoms in total. The normalized spacial score (nSPS) is 8.67.